The number of carbonyl (C=O) groups is 1. The molecule has 3 rings (SSSR count). The van der Waals surface area contributed by atoms with E-state index in [2.05, 4.69) is 32.2 Å². The predicted molar refractivity (Wildman–Crippen MR) is 70.2 cm³/mol. The van der Waals surface area contributed by atoms with Crippen molar-refractivity contribution in [2.45, 2.75) is 18.3 Å². The molecule has 0 saturated heterocycles. The maximum atomic E-state index is 11.5. The highest BCUT2D eigenvalue weighted by Crippen LogP contribution is 2.46. The van der Waals surface area contributed by atoms with Crippen LogP contribution in [0.5, 0.6) is 0 Å². The van der Waals surface area contributed by atoms with E-state index in [1.807, 2.05) is 29.8 Å². The lowest BCUT2D eigenvalue weighted by Crippen LogP contribution is -2.44. The van der Waals surface area contributed by atoms with E-state index in [1.165, 1.54) is 0 Å². The summed E-state index contributed by atoms with van der Waals surface area (Å²) in [5.41, 5.74) is 0.819. The van der Waals surface area contributed by atoms with E-state index in [4.69, 9.17) is 0 Å². The van der Waals surface area contributed by atoms with Gasteiger partial charge in [0, 0.05) is 24.4 Å². The van der Waals surface area contributed by atoms with E-state index in [-0.39, 0.29) is 11.2 Å². The Morgan fingerprint density at radius 2 is 2.17 bits per heavy atom. The first-order chi connectivity index (χ1) is 8.62. The molecule has 18 heavy (non-hydrogen) atoms. The Morgan fingerprint density at radius 3 is 2.72 bits per heavy atom. The smallest absolute Gasteiger partial charge is 0.144 e. The molecular formula is C13H12BrN3O. The number of rotatable bonds is 2. The number of nitrogens with zero attached hydrogens (tertiary/aromatic N) is 3. The zero-order valence-corrected chi connectivity index (χ0v) is 11.5. The molecule has 0 unspecified atom stereocenters. The van der Waals surface area contributed by atoms with Crippen LogP contribution in [0.3, 0.4) is 0 Å². The molecule has 5 heteroatoms. The average Bonchev–Trinajstić information content (AvgIpc) is 2.71. The Kier molecular flexibility index (Phi) is 2.59. The van der Waals surface area contributed by atoms with Gasteiger partial charge in [-0.3, -0.25) is 4.79 Å². The Bertz CT molecular complexity index is 612. The molecule has 0 N–H and O–H groups in total. The summed E-state index contributed by atoms with van der Waals surface area (Å²) < 4.78 is 2.91. The van der Waals surface area contributed by atoms with E-state index in [1.54, 1.807) is 6.33 Å². The number of benzene rings is 1. The van der Waals surface area contributed by atoms with Crippen molar-refractivity contribution in [3.8, 4) is 0 Å². The second kappa shape index (κ2) is 4.02. The summed E-state index contributed by atoms with van der Waals surface area (Å²) in [7, 11) is 1.91. The molecule has 1 saturated carbocycles. The highest BCUT2D eigenvalue weighted by Gasteiger charge is 2.49. The van der Waals surface area contributed by atoms with Crippen LogP contribution in [0, 0.1) is 0 Å². The van der Waals surface area contributed by atoms with Crippen molar-refractivity contribution in [3.05, 3.63) is 46.5 Å². The van der Waals surface area contributed by atoms with Crippen LogP contribution >= 0.6 is 15.9 Å². The largest absolute Gasteiger partial charge is 0.320 e. The van der Waals surface area contributed by atoms with Gasteiger partial charge in [-0.1, -0.05) is 28.1 Å². The van der Waals surface area contributed by atoms with Gasteiger partial charge in [0.15, 0.2) is 0 Å². The van der Waals surface area contributed by atoms with Crippen LogP contribution in [0.15, 0.2) is 35.1 Å². The SMILES string of the molecule is Cn1cnnc1C1(c2cccc(Br)c2)CC(=O)C1. The van der Waals surface area contributed by atoms with E-state index < -0.39 is 0 Å². The fourth-order valence-electron chi connectivity index (χ4n) is 2.62. The van der Waals surface area contributed by atoms with Gasteiger partial charge in [0.2, 0.25) is 0 Å². The number of carbonyl (C=O) groups excluding carboxylic acids is 1. The first-order valence-corrected chi connectivity index (χ1v) is 6.53. The van der Waals surface area contributed by atoms with Crippen LogP contribution in [-0.2, 0) is 17.3 Å². The predicted octanol–water partition coefficient (Wildman–Crippen LogP) is 2.23. The third-order valence-corrected chi connectivity index (χ3v) is 4.01. The molecular weight excluding hydrogens is 294 g/mol. The summed E-state index contributed by atoms with van der Waals surface area (Å²) >= 11 is 3.48. The molecule has 92 valence electrons. The number of ketones is 1. The van der Waals surface area contributed by atoms with Crippen molar-refractivity contribution < 1.29 is 4.79 Å². The molecule has 0 atom stereocenters. The third kappa shape index (κ3) is 1.61. The number of hydrogen-bond donors (Lipinski definition) is 0. The maximum Gasteiger partial charge on any atom is 0.144 e. The standard InChI is InChI=1S/C13H12BrN3O/c1-17-8-15-16-12(17)13(6-11(18)7-13)9-3-2-4-10(14)5-9/h2-5,8H,6-7H2,1H3. The van der Waals surface area contributed by atoms with Gasteiger partial charge in [-0.05, 0) is 17.7 Å². The lowest BCUT2D eigenvalue weighted by Gasteiger charge is -2.39. The van der Waals surface area contributed by atoms with Crippen LogP contribution in [0.4, 0.5) is 0 Å². The quantitative estimate of drug-likeness (QED) is 0.855. The minimum Gasteiger partial charge on any atom is -0.320 e. The van der Waals surface area contributed by atoms with Crippen molar-refractivity contribution in [1.29, 1.82) is 0 Å². The highest BCUT2D eigenvalue weighted by molar-refractivity contribution is 9.10. The van der Waals surface area contributed by atoms with Crippen molar-refractivity contribution in [1.82, 2.24) is 14.8 Å². The number of Topliss-reactive ketones (excluding diaryl/α,β-unsaturated/α-hetero) is 1. The van der Waals surface area contributed by atoms with Gasteiger partial charge in [0.25, 0.3) is 0 Å². The normalized spacial score (nSPS) is 17.6. The Labute approximate surface area is 113 Å². The molecule has 0 bridgehead atoms. The summed E-state index contributed by atoms with van der Waals surface area (Å²) in [5, 5.41) is 8.13. The van der Waals surface area contributed by atoms with Gasteiger partial charge in [0.05, 0.1) is 5.41 Å². The lowest BCUT2D eigenvalue weighted by molar-refractivity contribution is -0.127. The average molecular weight is 306 g/mol. The molecule has 1 aliphatic carbocycles. The molecule has 1 fully saturated rings. The topological polar surface area (TPSA) is 47.8 Å². The molecule has 0 spiro atoms. The second-order valence-electron chi connectivity index (χ2n) is 4.75. The van der Waals surface area contributed by atoms with Gasteiger partial charge in [0.1, 0.15) is 17.9 Å². The number of hydrogen-bond acceptors (Lipinski definition) is 3. The molecule has 1 aromatic carbocycles. The zero-order valence-electron chi connectivity index (χ0n) is 9.93. The maximum absolute atomic E-state index is 11.5. The monoisotopic (exact) mass is 305 g/mol. The zero-order chi connectivity index (χ0) is 12.8. The second-order valence-corrected chi connectivity index (χ2v) is 5.67. The summed E-state index contributed by atoms with van der Waals surface area (Å²) in [6.45, 7) is 0. The van der Waals surface area contributed by atoms with Crippen LogP contribution in [0.1, 0.15) is 24.2 Å². The number of aromatic nitrogens is 3. The minimum absolute atomic E-state index is 0.276. The molecule has 0 amide bonds. The van der Waals surface area contributed by atoms with E-state index in [0.29, 0.717) is 12.8 Å². The Morgan fingerprint density at radius 1 is 1.39 bits per heavy atom. The van der Waals surface area contributed by atoms with E-state index in [0.717, 1.165) is 15.9 Å². The van der Waals surface area contributed by atoms with E-state index in [9.17, 15) is 4.79 Å². The third-order valence-electron chi connectivity index (χ3n) is 3.51. The lowest BCUT2D eigenvalue weighted by atomic mass is 9.63. The van der Waals surface area contributed by atoms with Crippen LogP contribution in [0.25, 0.3) is 0 Å². The molecule has 4 nitrogen and oxygen atoms in total. The fraction of sp³-hybridized carbons (Fsp3) is 0.308. The number of aryl methyl sites for hydroxylation is 1. The molecule has 1 heterocycles. The number of halogens is 1. The first kappa shape index (κ1) is 11.6. The van der Waals surface area contributed by atoms with Crippen molar-refractivity contribution in [2.75, 3.05) is 0 Å². The van der Waals surface area contributed by atoms with Gasteiger partial charge in [-0.2, -0.15) is 0 Å². The summed E-state index contributed by atoms with van der Waals surface area (Å²) in [6, 6.07) is 8.07. The van der Waals surface area contributed by atoms with Crippen LogP contribution in [-0.4, -0.2) is 20.5 Å². The molecule has 0 radical (unpaired) electrons. The van der Waals surface area contributed by atoms with Gasteiger partial charge in [-0.15, -0.1) is 10.2 Å². The van der Waals surface area contributed by atoms with Gasteiger partial charge < -0.3 is 4.57 Å². The van der Waals surface area contributed by atoms with Gasteiger partial charge in [-0.25, -0.2) is 0 Å². The summed E-state index contributed by atoms with van der Waals surface area (Å²) in [5.74, 6) is 1.14. The molecule has 0 aliphatic heterocycles. The van der Waals surface area contributed by atoms with Crippen molar-refractivity contribution >= 4 is 21.7 Å². The summed E-state index contributed by atoms with van der Waals surface area (Å²) in [6.07, 6.45) is 2.70. The first-order valence-electron chi connectivity index (χ1n) is 5.74. The molecule has 1 aromatic heterocycles. The van der Waals surface area contributed by atoms with E-state index >= 15 is 0 Å². The fourth-order valence-corrected chi connectivity index (χ4v) is 3.01. The van der Waals surface area contributed by atoms with Crippen LogP contribution in [0.2, 0.25) is 0 Å². The molecule has 2 aromatic rings. The van der Waals surface area contributed by atoms with Crippen molar-refractivity contribution in [3.63, 3.8) is 0 Å². The summed E-state index contributed by atoms with van der Waals surface area (Å²) in [4.78, 5) is 11.5. The van der Waals surface area contributed by atoms with Crippen molar-refractivity contribution in [2.24, 2.45) is 7.05 Å². The van der Waals surface area contributed by atoms with Gasteiger partial charge >= 0.3 is 0 Å². The Hall–Kier alpha value is -1.49. The minimum atomic E-state index is -0.299. The molecule has 1 aliphatic rings. The Balaban J connectivity index is 2.14. The highest BCUT2D eigenvalue weighted by atomic mass is 79.9. The van der Waals surface area contributed by atoms with Crippen LogP contribution < -0.4 is 0 Å².